The van der Waals surface area contributed by atoms with Crippen LogP contribution in [0.15, 0.2) is 84.9 Å². The van der Waals surface area contributed by atoms with E-state index < -0.39 is 0 Å². The van der Waals surface area contributed by atoms with Gasteiger partial charge < -0.3 is 10.2 Å². The molecule has 0 aliphatic heterocycles. The Bertz CT molecular complexity index is 930. The third-order valence-electron chi connectivity index (χ3n) is 5.61. The first kappa shape index (κ1) is 23.3. The van der Waals surface area contributed by atoms with Gasteiger partial charge in [0.2, 0.25) is 0 Å². The Morgan fingerprint density at radius 1 is 0.710 bits per heavy atom. The molecular formula is C28H33BrN2. The summed E-state index contributed by atoms with van der Waals surface area (Å²) in [4.78, 5) is 2.48. The van der Waals surface area contributed by atoms with E-state index in [1.807, 2.05) is 0 Å². The lowest BCUT2D eigenvalue weighted by atomic mass is 9.95. The van der Waals surface area contributed by atoms with Crippen molar-refractivity contribution in [3.05, 3.63) is 102 Å². The van der Waals surface area contributed by atoms with Crippen LogP contribution in [0.5, 0.6) is 0 Å². The average Bonchev–Trinajstić information content (AvgIpc) is 2.83. The number of halogens is 1. The van der Waals surface area contributed by atoms with Crippen molar-refractivity contribution in [3.8, 4) is 0 Å². The normalized spacial score (nSPS) is 12.0. The van der Waals surface area contributed by atoms with Crippen molar-refractivity contribution in [2.45, 2.75) is 26.7 Å². The zero-order chi connectivity index (χ0) is 21.9. The summed E-state index contributed by atoms with van der Waals surface area (Å²) in [6, 6.07) is 29.9. The minimum absolute atomic E-state index is 1.01. The zero-order valence-corrected chi connectivity index (χ0v) is 20.2. The lowest BCUT2D eigenvalue weighted by molar-refractivity contribution is 0.298. The molecule has 0 fully saturated rings. The van der Waals surface area contributed by atoms with Gasteiger partial charge in [-0.1, -0.05) is 86.6 Å². The number of nitrogens with one attached hydrogen (secondary N) is 1. The van der Waals surface area contributed by atoms with Crippen molar-refractivity contribution >= 4 is 31.7 Å². The van der Waals surface area contributed by atoms with Crippen molar-refractivity contribution in [3.63, 3.8) is 0 Å². The minimum Gasteiger partial charge on any atom is -0.385 e. The molecule has 31 heavy (non-hydrogen) atoms. The molecule has 3 heteroatoms. The highest BCUT2D eigenvalue weighted by Crippen LogP contribution is 2.36. The van der Waals surface area contributed by atoms with E-state index in [2.05, 4.69) is 125 Å². The maximum atomic E-state index is 3.89. The van der Waals surface area contributed by atoms with Gasteiger partial charge in [-0.3, -0.25) is 0 Å². The molecular weight excluding hydrogens is 444 g/mol. The smallest absolute Gasteiger partial charge is 0.0340 e. The van der Waals surface area contributed by atoms with E-state index in [9.17, 15) is 0 Å². The predicted octanol–water partition coefficient (Wildman–Crippen LogP) is 7.53. The van der Waals surface area contributed by atoms with Crippen LogP contribution >= 0.6 is 15.9 Å². The molecule has 0 saturated heterocycles. The van der Waals surface area contributed by atoms with E-state index in [0.717, 1.165) is 24.1 Å². The van der Waals surface area contributed by atoms with Crippen molar-refractivity contribution in [1.29, 1.82) is 0 Å². The van der Waals surface area contributed by atoms with Gasteiger partial charge in [-0.2, -0.15) is 0 Å². The molecule has 2 nitrogen and oxygen atoms in total. The standard InChI is InChI=1S/C28H33BrN2/c1-3-31(4-2)22-12-11-21-30-26-19-17-24(18-20-26)27(23-13-7-5-8-14-23)28(29)25-15-9-6-10-16-25/h5-10,13-20,30H,3-4,11-12,21-22H2,1-2H3/b28-27+. The third kappa shape index (κ3) is 6.81. The van der Waals surface area contributed by atoms with Crippen molar-refractivity contribution < 1.29 is 0 Å². The fourth-order valence-corrected chi connectivity index (χ4v) is 4.46. The molecule has 0 aliphatic rings. The monoisotopic (exact) mass is 476 g/mol. The molecule has 3 aromatic carbocycles. The van der Waals surface area contributed by atoms with E-state index in [1.54, 1.807) is 0 Å². The lowest BCUT2D eigenvalue weighted by Gasteiger charge is -2.17. The molecule has 0 spiro atoms. The Hall–Kier alpha value is -2.36. The number of hydrogen-bond donors (Lipinski definition) is 1. The summed E-state index contributed by atoms with van der Waals surface area (Å²) in [5.74, 6) is 0. The average molecular weight is 477 g/mol. The van der Waals surface area contributed by atoms with Crippen LogP contribution < -0.4 is 5.32 Å². The predicted molar refractivity (Wildman–Crippen MR) is 140 cm³/mol. The summed E-state index contributed by atoms with van der Waals surface area (Å²) in [5.41, 5.74) is 5.97. The van der Waals surface area contributed by atoms with Crippen LogP contribution in [-0.2, 0) is 0 Å². The molecule has 0 heterocycles. The number of anilines is 1. The van der Waals surface area contributed by atoms with E-state index in [0.29, 0.717) is 0 Å². The van der Waals surface area contributed by atoms with Gasteiger partial charge in [-0.05, 0) is 77.2 Å². The van der Waals surface area contributed by atoms with Crippen LogP contribution in [0, 0.1) is 0 Å². The summed E-state index contributed by atoms with van der Waals surface area (Å²) in [7, 11) is 0. The fourth-order valence-electron chi connectivity index (χ4n) is 3.74. The van der Waals surface area contributed by atoms with E-state index >= 15 is 0 Å². The SMILES string of the molecule is CCN(CC)CCCCNc1ccc(/C(=C(/Br)c2ccccc2)c2ccccc2)cc1. The van der Waals surface area contributed by atoms with E-state index in [4.69, 9.17) is 0 Å². The Morgan fingerprint density at radius 3 is 1.84 bits per heavy atom. The molecule has 0 bridgehead atoms. The Labute approximate surface area is 196 Å². The summed E-state index contributed by atoms with van der Waals surface area (Å²) >= 11 is 3.89. The first-order valence-electron chi connectivity index (χ1n) is 11.3. The maximum absolute atomic E-state index is 3.89. The quantitative estimate of drug-likeness (QED) is 0.227. The fraction of sp³-hybridized carbons (Fsp3) is 0.286. The van der Waals surface area contributed by atoms with Gasteiger partial charge in [0.05, 0.1) is 0 Å². The largest absolute Gasteiger partial charge is 0.385 e. The highest BCUT2D eigenvalue weighted by Gasteiger charge is 2.12. The number of benzene rings is 3. The highest BCUT2D eigenvalue weighted by molar-refractivity contribution is 9.15. The van der Waals surface area contributed by atoms with Crippen LogP contribution in [0.2, 0.25) is 0 Å². The van der Waals surface area contributed by atoms with Gasteiger partial charge in [0.25, 0.3) is 0 Å². The minimum atomic E-state index is 1.01. The number of unbranched alkanes of at least 4 members (excludes halogenated alkanes) is 1. The summed E-state index contributed by atoms with van der Waals surface area (Å²) in [5, 5.41) is 3.57. The van der Waals surface area contributed by atoms with Crippen LogP contribution in [-0.4, -0.2) is 31.1 Å². The second kappa shape index (κ2) is 12.5. The van der Waals surface area contributed by atoms with E-state index in [1.165, 1.54) is 47.3 Å². The number of nitrogens with zero attached hydrogens (tertiary/aromatic N) is 1. The van der Waals surface area contributed by atoms with E-state index in [-0.39, 0.29) is 0 Å². The number of rotatable bonds is 11. The van der Waals surface area contributed by atoms with Crippen LogP contribution in [0.1, 0.15) is 43.4 Å². The molecule has 0 radical (unpaired) electrons. The van der Waals surface area contributed by atoms with Gasteiger partial charge in [-0.25, -0.2) is 0 Å². The second-order valence-corrected chi connectivity index (χ2v) is 8.45. The Balaban J connectivity index is 1.72. The molecule has 0 atom stereocenters. The van der Waals surface area contributed by atoms with Crippen LogP contribution in [0.3, 0.4) is 0 Å². The van der Waals surface area contributed by atoms with Crippen LogP contribution in [0.25, 0.3) is 10.1 Å². The molecule has 162 valence electrons. The topological polar surface area (TPSA) is 15.3 Å². The Kier molecular flexibility index (Phi) is 9.39. The first-order valence-corrected chi connectivity index (χ1v) is 12.1. The number of hydrogen-bond acceptors (Lipinski definition) is 2. The van der Waals surface area contributed by atoms with Gasteiger partial charge in [0.1, 0.15) is 0 Å². The summed E-state index contributed by atoms with van der Waals surface area (Å²) < 4.78 is 1.11. The van der Waals surface area contributed by atoms with Crippen molar-refractivity contribution in [2.24, 2.45) is 0 Å². The zero-order valence-electron chi connectivity index (χ0n) is 18.7. The molecule has 3 rings (SSSR count). The molecule has 0 aromatic heterocycles. The second-order valence-electron chi connectivity index (χ2n) is 7.66. The lowest BCUT2D eigenvalue weighted by Crippen LogP contribution is -2.24. The highest BCUT2D eigenvalue weighted by atomic mass is 79.9. The molecule has 0 aliphatic carbocycles. The van der Waals surface area contributed by atoms with Gasteiger partial charge in [-0.15, -0.1) is 0 Å². The molecule has 0 unspecified atom stereocenters. The van der Waals surface area contributed by atoms with Crippen molar-refractivity contribution in [2.75, 3.05) is 31.5 Å². The van der Waals surface area contributed by atoms with Gasteiger partial charge in [0, 0.05) is 22.3 Å². The summed E-state index contributed by atoms with van der Waals surface area (Å²) in [6.45, 7) is 8.94. The first-order chi connectivity index (χ1) is 15.2. The Morgan fingerprint density at radius 2 is 1.26 bits per heavy atom. The third-order valence-corrected chi connectivity index (χ3v) is 6.46. The molecule has 0 saturated carbocycles. The van der Waals surface area contributed by atoms with Gasteiger partial charge >= 0.3 is 0 Å². The molecule has 0 amide bonds. The van der Waals surface area contributed by atoms with Crippen molar-refractivity contribution in [1.82, 2.24) is 4.90 Å². The maximum Gasteiger partial charge on any atom is 0.0340 e. The molecule has 3 aromatic rings. The van der Waals surface area contributed by atoms with Gasteiger partial charge in [0.15, 0.2) is 0 Å². The summed E-state index contributed by atoms with van der Waals surface area (Å²) in [6.07, 6.45) is 2.42. The molecule has 1 N–H and O–H groups in total. The van der Waals surface area contributed by atoms with Crippen LogP contribution in [0.4, 0.5) is 5.69 Å².